The molecule has 0 atom stereocenters. The number of carbonyl (C=O) groups is 1. The van der Waals surface area contributed by atoms with Crippen LogP contribution in [0.5, 0.6) is 0 Å². The fourth-order valence-electron chi connectivity index (χ4n) is 3.32. The number of alkyl halides is 3. The average molecular weight is 455 g/mol. The Morgan fingerprint density at radius 2 is 1.70 bits per heavy atom. The molecule has 0 aliphatic rings. The summed E-state index contributed by atoms with van der Waals surface area (Å²) < 4.78 is 54.2. The summed E-state index contributed by atoms with van der Waals surface area (Å²) in [7, 11) is 0. The molecule has 0 unspecified atom stereocenters. The van der Waals surface area contributed by atoms with Crippen LogP contribution in [0.4, 0.5) is 23.2 Å². The first-order valence-corrected chi connectivity index (χ1v) is 9.80. The van der Waals surface area contributed by atoms with Crippen molar-refractivity contribution >= 4 is 11.7 Å². The molecule has 2 N–H and O–H groups in total. The first kappa shape index (κ1) is 22.1. The number of nitrogens with zero attached hydrogens (tertiary/aromatic N) is 2. The second-order valence-electron chi connectivity index (χ2n) is 7.21. The molecule has 33 heavy (non-hydrogen) atoms. The Hall–Kier alpha value is -4.14. The topological polar surface area (TPSA) is 67.2 Å². The van der Waals surface area contributed by atoms with Crippen molar-refractivity contribution in [3.63, 3.8) is 0 Å². The molecule has 0 saturated carbocycles. The molecule has 4 aromatic rings. The van der Waals surface area contributed by atoms with E-state index in [0.717, 1.165) is 17.7 Å². The van der Waals surface area contributed by atoms with E-state index in [9.17, 15) is 22.4 Å². The molecular weight excluding hydrogens is 438 g/mol. The zero-order chi connectivity index (χ0) is 23.6. The molecule has 5 nitrogen and oxygen atoms in total. The molecule has 0 radical (unpaired) electrons. The summed E-state index contributed by atoms with van der Waals surface area (Å²) in [6.45, 7) is 0.125. The van der Waals surface area contributed by atoms with Crippen LogP contribution in [-0.2, 0) is 12.7 Å². The second-order valence-corrected chi connectivity index (χ2v) is 7.21. The third-order valence-corrected chi connectivity index (χ3v) is 4.97. The molecule has 9 heteroatoms. The van der Waals surface area contributed by atoms with Crippen LogP contribution in [0.15, 0.2) is 79.0 Å². The van der Waals surface area contributed by atoms with E-state index in [0.29, 0.717) is 16.9 Å². The van der Waals surface area contributed by atoms with Crippen LogP contribution >= 0.6 is 0 Å². The zero-order valence-corrected chi connectivity index (χ0v) is 17.0. The van der Waals surface area contributed by atoms with Gasteiger partial charge in [0.2, 0.25) is 0 Å². The molecule has 1 heterocycles. The first-order chi connectivity index (χ1) is 15.7. The van der Waals surface area contributed by atoms with Crippen molar-refractivity contribution in [3.8, 4) is 16.9 Å². The Morgan fingerprint density at radius 1 is 1.00 bits per heavy atom. The van der Waals surface area contributed by atoms with Gasteiger partial charge in [-0.25, -0.2) is 13.9 Å². The minimum absolute atomic E-state index is 0.112. The SMILES string of the molecule is O=C(O)c1ccc(-n2cc(CNc3ccc(F)c(C(F)(F)F)c3)c(-c3ccccc3)n2)cc1. The Kier molecular flexibility index (Phi) is 5.87. The third kappa shape index (κ3) is 4.87. The number of anilines is 1. The van der Waals surface area contributed by atoms with Crippen molar-refractivity contribution in [2.45, 2.75) is 12.7 Å². The summed E-state index contributed by atoms with van der Waals surface area (Å²) in [4.78, 5) is 11.1. The van der Waals surface area contributed by atoms with Gasteiger partial charge in [0, 0.05) is 29.6 Å². The lowest BCUT2D eigenvalue weighted by Crippen LogP contribution is -2.09. The van der Waals surface area contributed by atoms with E-state index in [-0.39, 0.29) is 17.8 Å². The summed E-state index contributed by atoms with van der Waals surface area (Å²) in [6, 6.07) is 18.1. The second kappa shape index (κ2) is 8.78. The number of nitrogens with one attached hydrogen (secondary N) is 1. The lowest BCUT2D eigenvalue weighted by molar-refractivity contribution is -0.139. The standard InChI is InChI=1S/C24H17F4N3O2/c25-21-11-8-18(12-20(21)24(26,27)28)29-13-17-14-31(19-9-6-16(7-10-19)23(32)33)30-22(17)15-4-2-1-3-5-15/h1-12,14,29H,13H2,(H,32,33). The summed E-state index contributed by atoms with van der Waals surface area (Å²) >= 11 is 0. The fourth-order valence-corrected chi connectivity index (χ4v) is 3.32. The van der Waals surface area contributed by atoms with Gasteiger partial charge in [0.1, 0.15) is 5.82 Å². The molecule has 0 spiro atoms. The minimum Gasteiger partial charge on any atom is -0.478 e. The van der Waals surface area contributed by atoms with Gasteiger partial charge in [0.15, 0.2) is 0 Å². The Bertz CT molecular complexity index is 1280. The van der Waals surface area contributed by atoms with Crippen LogP contribution in [0.25, 0.3) is 16.9 Å². The highest BCUT2D eigenvalue weighted by atomic mass is 19.4. The molecule has 0 aliphatic carbocycles. The molecule has 0 saturated heterocycles. The lowest BCUT2D eigenvalue weighted by atomic mass is 10.1. The van der Waals surface area contributed by atoms with E-state index in [2.05, 4.69) is 10.4 Å². The normalized spacial score (nSPS) is 11.4. The number of hydrogen-bond donors (Lipinski definition) is 2. The highest BCUT2D eigenvalue weighted by Crippen LogP contribution is 2.33. The number of carboxylic acids is 1. The summed E-state index contributed by atoms with van der Waals surface area (Å²) in [5.41, 5.74) is 1.60. The lowest BCUT2D eigenvalue weighted by Gasteiger charge is -2.11. The van der Waals surface area contributed by atoms with Crippen molar-refractivity contribution in [1.29, 1.82) is 0 Å². The highest BCUT2D eigenvalue weighted by Gasteiger charge is 2.34. The van der Waals surface area contributed by atoms with Gasteiger partial charge in [0.05, 0.1) is 22.5 Å². The Labute approximate surface area is 185 Å². The fraction of sp³-hybridized carbons (Fsp3) is 0.0833. The molecule has 0 bridgehead atoms. The number of benzene rings is 3. The van der Waals surface area contributed by atoms with Crippen molar-refractivity contribution in [2.75, 3.05) is 5.32 Å². The number of halogens is 4. The van der Waals surface area contributed by atoms with Crippen molar-refractivity contribution in [3.05, 3.63) is 102 Å². The Balaban J connectivity index is 1.66. The van der Waals surface area contributed by atoms with Crippen LogP contribution < -0.4 is 5.32 Å². The van der Waals surface area contributed by atoms with Gasteiger partial charge in [-0.15, -0.1) is 0 Å². The summed E-state index contributed by atoms with van der Waals surface area (Å²) in [6.07, 6.45) is -3.09. The molecule has 3 aromatic carbocycles. The van der Waals surface area contributed by atoms with Gasteiger partial charge in [0.25, 0.3) is 0 Å². The number of carboxylic acid groups (broad SMARTS) is 1. The molecule has 0 aliphatic heterocycles. The van der Waals surface area contributed by atoms with E-state index in [1.807, 2.05) is 30.3 Å². The summed E-state index contributed by atoms with van der Waals surface area (Å²) in [5, 5.41) is 16.6. The van der Waals surface area contributed by atoms with Gasteiger partial charge in [-0.3, -0.25) is 0 Å². The van der Waals surface area contributed by atoms with Crippen molar-refractivity contribution in [1.82, 2.24) is 9.78 Å². The maximum absolute atomic E-state index is 13.6. The van der Waals surface area contributed by atoms with Gasteiger partial charge in [-0.05, 0) is 42.5 Å². The maximum Gasteiger partial charge on any atom is 0.419 e. The van der Waals surface area contributed by atoms with Crippen molar-refractivity contribution < 1.29 is 27.5 Å². The number of aromatic carboxylic acids is 1. The Morgan fingerprint density at radius 3 is 2.33 bits per heavy atom. The van der Waals surface area contributed by atoms with E-state index in [4.69, 9.17) is 5.11 Å². The largest absolute Gasteiger partial charge is 0.478 e. The summed E-state index contributed by atoms with van der Waals surface area (Å²) in [5.74, 6) is -2.38. The van der Waals surface area contributed by atoms with Crippen LogP contribution in [0.3, 0.4) is 0 Å². The predicted octanol–water partition coefficient (Wildman–Crippen LogP) is 6.01. The molecule has 4 rings (SSSR count). The molecule has 0 fully saturated rings. The molecule has 1 aromatic heterocycles. The van der Waals surface area contributed by atoms with Crippen LogP contribution in [0.1, 0.15) is 21.5 Å². The average Bonchev–Trinajstić information content (AvgIpc) is 3.23. The van der Waals surface area contributed by atoms with Crippen LogP contribution in [0.2, 0.25) is 0 Å². The first-order valence-electron chi connectivity index (χ1n) is 9.80. The molecular formula is C24H17F4N3O2. The quantitative estimate of drug-likeness (QED) is 0.350. The third-order valence-electron chi connectivity index (χ3n) is 4.97. The van der Waals surface area contributed by atoms with E-state index >= 15 is 0 Å². The van der Waals surface area contributed by atoms with Gasteiger partial charge in [-0.2, -0.15) is 18.3 Å². The number of rotatable bonds is 6. The van der Waals surface area contributed by atoms with E-state index in [1.54, 1.807) is 23.0 Å². The van der Waals surface area contributed by atoms with Gasteiger partial charge >= 0.3 is 12.1 Å². The van der Waals surface area contributed by atoms with Crippen LogP contribution in [-0.4, -0.2) is 20.9 Å². The van der Waals surface area contributed by atoms with E-state index < -0.39 is 23.5 Å². The maximum atomic E-state index is 13.6. The van der Waals surface area contributed by atoms with E-state index in [1.165, 1.54) is 18.2 Å². The van der Waals surface area contributed by atoms with Crippen LogP contribution in [0, 0.1) is 5.82 Å². The smallest absolute Gasteiger partial charge is 0.419 e. The zero-order valence-electron chi connectivity index (χ0n) is 17.0. The minimum atomic E-state index is -4.80. The van der Waals surface area contributed by atoms with Crippen molar-refractivity contribution in [2.24, 2.45) is 0 Å². The van der Waals surface area contributed by atoms with Gasteiger partial charge < -0.3 is 10.4 Å². The molecule has 0 amide bonds. The number of aromatic nitrogens is 2. The highest BCUT2D eigenvalue weighted by molar-refractivity contribution is 5.87. The number of hydrogen-bond acceptors (Lipinski definition) is 3. The van der Waals surface area contributed by atoms with Gasteiger partial charge in [-0.1, -0.05) is 30.3 Å². The monoisotopic (exact) mass is 455 g/mol. The predicted molar refractivity (Wildman–Crippen MR) is 115 cm³/mol. The molecule has 168 valence electrons.